The van der Waals surface area contributed by atoms with Crippen molar-refractivity contribution in [3.8, 4) is 0 Å². The average Bonchev–Trinajstić information content (AvgIpc) is 2.30. The number of hydrogen-bond acceptors (Lipinski definition) is 2. The van der Waals surface area contributed by atoms with Crippen molar-refractivity contribution in [2.45, 2.75) is 25.8 Å². The molecule has 2 unspecified atom stereocenters. The Morgan fingerprint density at radius 1 is 1.82 bits per heavy atom. The summed E-state index contributed by atoms with van der Waals surface area (Å²) in [5, 5.41) is 11.3. The molecule has 1 heterocycles. The molecule has 1 amide bonds. The SMILES string of the molecule is CCC1NC(=O)CC1C(=O)O. The molecule has 0 aromatic heterocycles. The molecule has 0 aliphatic carbocycles. The van der Waals surface area contributed by atoms with Crippen LogP contribution in [0.1, 0.15) is 19.8 Å². The lowest BCUT2D eigenvalue weighted by Crippen LogP contribution is -2.31. The van der Waals surface area contributed by atoms with Gasteiger partial charge in [0.15, 0.2) is 0 Å². The Kier molecular flexibility index (Phi) is 2.12. The van der Waals surface area contributed by atoms with Crippen molar-refractivity contribution in [1.29, 1.82) is 0 Å². The normalized spacial score (nSPS) is 30.1. The molecule has 0 saturated carbocycles. The summed E-state index contributed by atoms with van der Waals surface area (Å²) in [7, 11) is 0. The molecule has 0 bridgehead atoms. The largest absolute Gasteiger partial charge is 0.481 e. The molecular formula is C7H11NO3. The summed E-state index contributed by atoms with van der Waals surface area (Å²) >= 11 is 0. The third-order valence-corrected chi connectivity index (χ3v) is 1.99. The molecule has 2 atom stereocenters. The lowest BCUT2D eigenvalue weighted by molar-refractivity contribution is -0.142. The van der Waals surface area contributed by atoms with E-state index in [2.05, 4.69) is 5.32 Å². The molecule has 0 radical (unpaired) electrons. The first-order chi connectivity index (χ1) is 5.15. The lowest BCUT2D eigenvalue weighted by Gasteiger charge is -2.11. The maximum Gasteiger partial charge on any atom is 0.309 e. The lowest BCUT2D eigenvalue weighted by atomic mass is 9.99. The van der Waals surface area contributed by atoms with Crippen LogP contribution in [0.25, 0.3) is 0 Å². The smallest absolute Gasteiger partial charge is 0.309 e. The van der Waals surface area contributed by atoms with Crippen LogP contribution < -0.4 is 5.32 Å². The zero-order valence-electron chi connectivity index (χ0n) is 6.33. The number of nitrogens with one attached hydrogen (secondary N) is 1. The maximum absolute atomic E-state index is 10.8. The van der Waals surface area contributed by atoms with Crippen LogP contribution in [-0.2, 0) is 9.59 Å². The Morgan fingerprint density at radius 2 is 2.45 bits per heavy atom. The van der Waals surface area contributed by atoms with Gasteiger partial charge in [0.1, 0.15) is 0 Å². The third kappa shape index (κ3) is 1.50. The number of carboxylic acid groups (broad SMARTS) is 1. The van der Waals surface area contributed by atoms with Crippen LogP contribution in [0.5, 0.6) is 0 Å². The summed E-state index contributed by atoms with van der Waals surface area (Å²) in [4.78, 5) is 21.3. The molecule has 0 spiro atoms. The molecule has 4 nitrogen and oxygen atoms in total. The van der Waals surface area contributed by atoms with Gasteiger partial charge in [-0.25, -0.2) is 0 Å². The summed E-state index contributed by atoms with van der Waals surface area (Å²) in [6.07, 6.45) is 0.816. The van der Waals surface area contributed by atoms with E-state index in [1.807, 2.05) is 6.92 Å². The van der Waals surface area contributed by atoms with Gasteiger partial charge in [0, 0.05) is 12.5 Å². The van der Waals surface area contributed by atoms with Crippen molar-refractivity contribution < 1.29 is 14.7 Å². The molecule has 1 aliphatic rings. The van der Waals surface area contributed by atoms with Gasteiger partial charge >= 0.3 is 5.97 Å². The van der Waals surface area contributed by atoms with Crippen LogP contribution in [0.2, 0.25) is 0 Å². The van der Waals surface area contributed by atoms with Crippen LogP contribution in [0, 0.1) is 5.92 Å². The van der Waals surface area contributed by atoms with Crippen LogP contribution in [0.3, 0.4) is 0 Å². The van der Waals surface area contributed by atoms with E-state index in [4.69, 9.17) is 5.11 Å². The van der Waals surface area contributed by atoms with Crippen molar-refractivity contribution in [2.75, 3.05) is 0 Å². The number of carboxylic acids is 1. The van der Waals surface area contributed by atoms with Crippen molar-refractivity contribution in [2.24, 2.45) is 5.92 Å². The zero-order chi connectivity index (χ0) is 8.43. The Bertz CT molecular complexity index is 190. The molecular weight excluding hydrogens is 146 g/mol. The van der Waals surface area contributed by atoms with Crippen molar-refractivity contribution in [3.63, 3.8) is 0 Å². The fraction of sp³-hybridized carbons (Fsp3) is 0.714. The minimum absolute atomic E-state index is 0.133. The highest BCUT2D eigenvalue weighted by Gasteiger charge is 2.35. The highest BCUT2D eigenvalue weighted by Crippen LogP contribution is 2.18. The number of carbonyl (C=O) groups excluding carboxylic acids is 1. The number of amides is 1. The second kappa shape index (κ2) is 2.90. The van der Waals surface area contributed by atoms with Crippen LogP contribution in [-0.4, -0.2) is 23.0 Å². The Morgan fingerprint density at radius 3 is 2.82 bits per heavy atom. The number of rotatable bonds is 2. The summed E-state index contributed by atoms with van der Waals surface area (Å²) in [6.45, 7) is 1.87. The van der Waals surface area contributed by atoms with Gasteiger partial charge in [-0.1, -0.05) is 6.92 Å². The summed E-state index contributed by atoms with van der Waals surface area (Å²) in [5.41, 5.74) is 0. The van der Waals surface area contributed by atoms with E-state index in [-0.39, 0.29) is 18.4 Å². The topological polar surface area (TPSA) is 66.4 Å². The molecule has 4 heteroatoms. The average molecular weight is 157 g/mol. The second-order valence-corrected chi connectivity index (χ2v) is 2.73. The Labute approximate surface area is 64.6 Å². The summed E-state index contributed by atoms with van der Waals surface area (Å²) < 4.78 is 0. The summed E-state index contributed by atoms with van der Waals surface area (Å²) in [5.74, 6) is -1.55. The Hall–Kier alpha value is -1.06. The Balaban J connectivity index is 2.64. The number of carbonyl (C=O) groups is 2. The second-order valence-electron chi connectivity index (χ2n) is 2.73. The van der Waals surface area contributed by atoms with Gasteiger partial charge in [-0.3, -0.25) is 9.59 Å². The van der Waals surface area contributed by atoms with Gasteiger partial charge in [0.05, 0.1) is 5.92 Å². The molecule has 1 aliphatic heterocycles. The van der Waals surface area contributed by atoms with Gasteiger partial charge in [0.25, 0.3) is 0 Å². The molecule has 11 heavy (non-hydrogen) atoms. The molecule has 0 aromatic rings. The molecule has 62 valence electrons. The first-order valence-corrected chi connectivity index (χ1v) is 3.67. The first-order valence-electron chi connectivity index (χ1n) is 3.67. The van der Waals surface area contributed by atoms with E-state index < -0.39 is 11.9 Å². The molecule has 1 fully saturated rings. The van der Waals surface area contributed by atoms with Gasteiger partial charge in [-0.15, -0.1) is 0 Å². The minimum Gasteiger partial charge on any atom is -0.481 e. The zero-order valence-corrected chi connectivity index (χ0v) is 6.33. The maximum atomic E-state index is 10.8. The summed E-state index contributed by atoms with van der Waals surface area (Å²) in [6, 6.07) is -0.167. The molecule has 1 rings (SSSR count). The fourth-order valence-electron chi connectivity index (χ4n) is 1.35. The van der Waals surface area contributed by atoms with Gasteiger partial charge < -0.3 is 10.4 Å². The van der Waals surface area contributed by atoms with Gasteiger partial charge in [-0.05, 0) is 6.42 Å². The van der Waals surface area contributed by atoms with Crippen LogP contribution in [0.4, 0.5) is 0 Å². The highest BCUT2D eigenvalue weighted by atomic mass is 16.4. The van der Waals surface area contributed by atoms with Crippen molar-refractivity contribution in [1.82, 2.24) is 5.32 Å². The predicted molar refractivity (Wildman–Crippen MR) is 38.0 cm³/mol. The fourth-order valence-corrected chi connectivity index (χ4v) is 1.35. The monoisotopic (exact) mass is 157 g/mol. The van der Waals surface area contributed by atoms with Crippen molar-refractivity contribution >= 4 is 11.9 Å². The highest BCUT2D eigenvalue weighted by molar-refractivity contribution is 5.86. The minimum atomic E-state index is -0.879. The van der Waals surface area contributed by atoms with E-state index in [0.29, 0.717) is 6.42 Å². The molecule has 1 saturated heterocycles. The van der Waals surface area contributed by atoms with E-state index in [9.17, 15) is 9.59 Å². The van der Waals surface area contributed by atoms with E-state index in [0.717, 1.165) is 0 Å². The van der Waals surface area contributed by atoms with E-state index in [1.54, 1.807) is 0 Å². The first kappa shape index (κ1) is 8.04. The van der Waals surface area contributed by atoms with Crippen LogP contribution in [0.15, 0.2) is 0 Å². The predicted octanol–water partition coefficient (Wildman–Crippen LogP) is -0.0143. The number of aliphatic carboxylic acids is 1. The van der Waals surface area contributed by atoms with E-state index >= 15 is 0 Å². The van der Waals surface area contributed by atoms with Gasteiger partial charge in [-0.2, -0.15) is 0 Å². The number of hydrogen-bond donors (Lipinski definition) is 2. The van der Waals surface area contributed by atoms with Gasteiger partial charge in [0.2, 0.25) is 5.91 Å². The molecule has 0 aromatic carbocycles. The quantitative estimate of drug-likeness (QED) is 0.592. The third-order valence-electron chi connectivity index (χ3n) is 1.99. The van der Waals surface area contributed by atoms with Crippen LogP contribution >= 0.6 is 0 Å². The van der Waals surface area contributed by atoms with Crippen molar-refractivity contribution in [3.05, 3.63) is 0 Å². The van der Waals surface area contributed by atoms with E-state index in [1.165, 1.54) is 0 Å². The molecule has 2 N–H and O–H groups in total. The standard InChI is InChI=1S/C7H11NO3/c1-2-5-4(7(10)11)3-6(9)8-5/h4-5H,2-3H2,1H3,(H,8,9)(H,10,11).